The summed E-state index contributed by atoms with van der Waals surface area (Å²) in [7, 11) is -3.69. The molecule has 1 aliphatic rings. The van der Waals surface area contributed by atoms with Crippen molar-refractivity contribution >= 4 is 21.9 Å². The van der Waals surface area contributed by atoms with Crippen LogP contribution in [-0.4, -0.2) is 60.0 Å². The predicted molar refractivity (Wildman–Crippen MR) is 94.3 cm³/mol. The van der Waals surface area contributed by atoms with E-state index < -0.39 is 34.0 Å². The molecular formula is C17H24N2O6S. The molecule has 1 heterocycles. The number of carbonyl (C=O) groups is 2. The van der Waals surface area contributed by atoms with Crippen LogP contribution in [-0.2, 0) is 14.8 Å². The highest BCUT2D eigenvalue weighted by Crippen LogP contribution is 2.21. The van der Waals surface area contributed by atoms with E-state index in [1.54, 1.807) is 0 Å². The minimum Gasteiger partial charge on any atom is -0.479 e. The summed E-state index contributed by atoms with van der Waals surface area (Å²) in [6.45, 7) is 1.49. The first-order valence-corrected chi connectivity index (χ1v) is 9.93. The maximum absolute atomic E-state index is 12.8. The first kappa shape index (κ1) is 20.3. The van der Waals surface area contributed by atoms with E-state index >= 15 is 0 Å². The number of aliphatic carboxylic acids is 1. The van der Waals surface area contributed by atoms with Crippen LogP contribution in [0.25, 0.3) is 0 Å². The van der Waals surface area contributed by atoms with Gasteiger partial charge in [-0.1, -0.05) is 18.9 Å². The van der Waals surface area contributed by atoms with Crippen LogP contribution in [0.1, 0.15) is 43.0 Å². The second-order valence-corrected chi connectivity index (χ2v) is 8.55. The van der Waals surface area contributed by atoms with Gasteiger partial charge in [-0.05, 0) is 38.0 Å². The third-order valence-corrected chi connectivity index (χ3v) is 6.25. The van der Waals surface area contributed by atoms with Gasteiger partial charge in [0.2, 0.25) is 10.0 Å². The Morgan fingerprint density at radius 3 is 2.38 bits per heavy atom. The quantitative estimate of drug-likeness (QED) is 0.667. The maximum Gasteiger partial charge on any atom is 0.337 e. The summed E-state index contributed by atoms with van der Waals surface area (Å²) in [5.41, 5.74) is -2.02. The van der Waals surface area contributed by atoms with Gasteiger partial charge in [-0.2, -0.15) is 4.31 Å². The summed E-state index contributed by atoms with van der Waals surface area (Å²) < 4.78 is 27.0. The van der Waals surface area contributed by atoms with E-state index in [-0.39, 0.29) is 10.5 Å². The number of nitrogens with one attached hydrogen (secondary N) is 1. The highest BCUT2D eigenvalue weighted by molar-refractivity contribution is 7.89. The van der Waals surface area contributed by atoms with Crippen molar-refractivity contribution < 1.29 is 28.2 Å². The molecule has 1 aliphatic heterocycles. The molecule has 2 rings (SSSR count). The molecule has 1 amide bonds. The normalized spacial score (nSPS) is 18.5. The van der Waals surface area contributed by atoms with Crippen LogP contribution in [0.15, 0.2) is 29.2 Å². The van der Waals surface area contributed by atoms with E-state index in [4.69, 9.17) is 5.11 Å². The number of carboxylic acid groups (broad SMARTS) is 1. The number of carboxylic acids is 1. The molecule has 0 aliphatic carbocycles. The fourth-order valence-electron chi connectivity index (χ4n) is 2.66. The van der Waals surface area contributed by atoms with Crippen LogP contribution in [0.3, 0.4) is 0 Å². The van der Waals surface area contributed by atoms with E-state index in [0.717, 1.165) is 32.6 Å². The molecule has 1 unspecified atom stereocenters. The van der Waals surface area contributed by atoms with E-state index in [1.165, 1.54) is 28.6 Å². The molecular weight excluding hydrogens is 360 g/mol. The number of benzene rings is 1. The molecule has 1 fully saturated rings. The predicted octanol–water partition coefficient (Wildman–Crippen LogP) is 0.817. The van der Waals surface area contributed by atoms with Gasteiger partial charge in [0.1, 0.15) is 0 Å². The molecule has 1 aromatic rings. The van der Waals surface area contributed by atoms with Crippen molar-refractivity contribution in [3.05, 3.63) is 29.8 Å². The molecule has 1 aromatic carbocycles. The number of carbonyl (C=O) groups excluding carboxylic acids is 1. The van der Waals surface area contributed by atoms with Crippen LogP contribution >= 0.6 is 0 Å². The van der Waals surface area contributed by atoms with E-state index in [1.807, 2.05) is 0 Å². The minimum atomic E-state index is -3.69. The van der Waals surface area contributed by atoms with Crippen molar-refractivity contribution in [3.63, 3.8) is 0 Å². The van der Waals surface area contributed by atoms with Crippen molar-refractivity contribution in [2.75, 3.05) is 19.6 Å². The Balaban J connectivity index is 2.16. The average molecular weight is 384 g/mol. The molecule has 1 atom stereocenters. The lowest BCUT2D eigenvalue weighted by Gasteiger charge is -2.20. The first-order chi connectivity index (χ1) is 12.1. The molecule has 26 heavy (non-hydrogen) atoms. The number of hydrogen-bond donors (Lipinski definition) is 3. The first-order valence-electron chi connectivity index (χ1n) is 8.49. The standard InChI is InChI=1S/C17H24N2O6S/c1-17(23,16(21)22)12-18-15(20)13-7-6-8-14(11-13)26(24,25)19-9-4-2-3-5-10-19/h6-8,11,23H,2-5,9-10,12H2,1H3,(H,18,20)(H,21,22). The molecule has 0 spiro atoms. The molecule has 3 N–H and O–H groups in total. The Morgan fingerprint density at radius 2 is 1.81 bits per heavy atom. The zero-order valence-corrected chi connectivity index (χ0v) is 15.5. The van der Waals surface area contributed by atoms with Crippen LogP contribution in [0.5, 0.6) is 0 Å². The molecule has 9 heteroatoms. The monoisotopic (exact) mass is 384 g/mol. The zero-order valence-electron chi connectivity index (χ0n) is 14.6. The van der Waals surface area contributed by atoms with E-state index in [2.05, 4.69) is 5.32 Å². The molecule has 0 bridgehead atoms. The number of aliphatic hydroxyl groups is 1. The van der Waals surface area contributed by atoms with Gasteiger partial charge in [-0.3, -0.25) is 4.79 Å². The van der Waals surface area contributed by atoms with Crippen LogP contribution in [0, 0.1) is 0 Å². The van der Waals surface area contributed by atoms with Crippen molar-refractivity contribution in [2.24, 2.45) is 0 Å². The van der Waals surface area contributed by atoms with Gasteiger partial charge in [0.15, 0.2) is 5.60 Å². The summed E-state index contributed by atoms with van der Waals surface area (Å²) in [6.07, 6.45) is 3.61. The lowest BCUT2D eigenvalue weighted by atomic mass is 10.1. The SMILES string of the molecule is CC(O)(CNC(=O)c1cccc(S(=O)(=O)N2CCCCCC2)c1)C(=O)O. The lowest BCUT2D eigenvalue weighted by Crippen LogP contribution is -2.46. The Kier molecular flexibility index (Phi) is 6.38. The van der Waals surface area contributed by atoms with Gasteiger partial charge in [0.25, 0.3) is 5.91 Å². The largest absolute Gasteiger partial charge is 0.479 e. The van der Waals surface area contributed by atoms with Crippen LogP contribution in [0.2, 0.25) is 0 Å². The van der Waals surface area contributed by atoms with Gasteiger partial charge in [0.05, 0.1) is 11.4 Å². The van der Waals surface area contributed by atoms with Crippen LogP contribution in [0.4, 0.5) is 0 Å². The molecule has 1 saturated heterocycles. The third kappa shape index (κ3) is 4.80. The highest BCUT2D eigenvalue weighted by atomic mass is 32.2. The van der Waals surface area contributed by atoms with Crippen LogP contribution < -0.4 is 5.32 Å². The summed E-state index contributed by atoms with van der Waals surface area (Å²) >= 11 is 0. The smallest absolute Gasteiger partial charge is 0.337 e. The molecule has 144 valence electrons. The Morgan fingerprint density at radius 1 is 1.19 bits per heavy atom. The minimum absolute atomic E-state index is 0.0250. The van der Waals surface area contributed by atoms with Gasteiger partial charge in [0, 0.05) is 18.7 Å². The number of amides is 1. The number of rotatable bonds is 6. The third-order valence-electron chi connectivity index (χ3n) is 4.35. The van der Waals surface area contributed by atoms with E-state index in [0.29, 0.717) is 13.1 Å². The van der Waals surface area contributed by atoms with Crippen molar-refractivity contribution in [2.45, 2.75) is 43.1 Å². The van der Waals surface area contributed by atoms with Crippen molar-refractivity contribution in [1.82, 2.24) is 9.62 Å². The lowest BCUT2D eigenvalue weighted by molar-refractivity contribution is -0.155. The molecule has 0 radical (unpaired) electrons. The van der Waals surface area contributed by atoms with Crippen molar-refractivity contribution in [3.8, 4) is 0 Å². The summed E-state index contributed by atoms with van der Waals surface area (Å²) in [5, 5.41) is 20.8. The topological polar surface area (TPSA) is 124 Å². The molecule has 0 saturated carbocycles. The van der Waals surface area contributed by atoms with Gasteiger partial charge in [-0.15, -0.1) is 0 Å². The Hall–Kier alpha value is -1.97. The molecule has 8 nitrogen and oxygen atoms in total. The molecule has 0 aromatic heterocycles. The fourth-order valence-corrected chi connectivity index (χ4v) is 4.22. The summed E-state index contributed by atoms with van der Waals surface area (Å²) in [5.74, 6) is -2.12. The summed E-state index contributed by atoms with van der Waals surface area (Å²) in [4.78, 5) is 23.1. The second kappa shape index (κ2) is 8.15. The van der Waals surface area contributed by atoms with Crippen molar-refractivity contribution in [1.29, 1.82) is 0 Å². The zero-order chi connectivity index (χ0) is 19.4. The number of hydrogen-bond acceptors (Lipinski definition) is 5. The second-order valence-electron chi connectivity index (χ2n) is 6.61. The summed E-state index contributed by atoms with van der Waals surface area (Å²) in [6, 6.07) is 5.61. The Labute approximate surface area is 152 Å². The van der Waals surface area contributed by atoms with Gasteiger partial charge < -0.3 is 15.5 Å². The highest BCUT2D eigenvalue weighted by Gasteiger charge is 2.31. The van der Waals surface area contributed by atoms with E-state index in [9.17, 15) is 23.1 Å². The average Bonchev–Trinajstić information content (AvgIpc) is 2.89. The van der Waals surface area contributed by atoms with Gasteiger partial charge >= 0.3 is 5.97 Å². The number of sulfonamides is 1. The maximum atomic E-state index is 12.8. The number of nitrogens with zero attached hydrogens (tertiary/aromatic N) is 1. The van der Waals surface area contributed by atoms with Gasteiger partial charge in [-0.25, -0.2) is 13.2 Å². The Bertz CT molecular complexity index is 767. The fraction of sp³-hybridized carbons (Fsp3) is 0.529.